The molecule has 0 aromatic carbocycles. The van der Waals surface area contributed by atoms with Gasteiger partial charge >= 0.3 is 0 Å². The summed E-state index contributed by atoms with van der Waals surface area (Å²) in [6.07, 6.45) is 5.55. The van der Waals surface area contributed by atoms with Gasteiger partial charge < -0.3 is 10.6 Å². The minimum absolute atomic E-state index is 0.307. The van der Waals surface area contributed by atoms with Crippen molar-refractivity contribution in [2.45, 2.75) is 51.1 Å². The van der Waals surface area contributed by atoms with Crippen LogP contribution in [0.25, 0.3) is 0 Å². The van der Waals surface area contributed by atoms with Crippen molar-refractivity contribution in [2.75, 3.05) is 32.7 Å². The van der Waals surface area contributed by atoms with Gasteiger partial charge in [-0.3, -0.25) is 4.90 Å². The van der Waals surface area contributed by atoms with Crippen molar-refractivity contribution in [1.29, 1.82) is 0 Å². The highest BCUT2D eigenvalue weighted by Crippen LogP contribution is 2.44. The van der Waals surface area contributed by atoms with E-state index >= 15 is 0 Å². The molecule has 1 aliphatic carbocycles. The lowest BCUT2D eigenvalue weighted by molar-refractivity contribution is -0.0754. The first-order valence-electron chi connectivity index (χ1n) is 7.85. The van der Waals surface area contributed by atoms with Gasteiger partial charge in [0, 0.05) is 31.2 Å². The Bertz CT molecular complexity index is 292. The third-order valence-electron chi connectivity index (χ3n) is 5.32. The summed E-state index contributed by atoms with van der Waals surface area (Å²) >= 11 is 0. The Labute approximate surface area is 112 Å². The van der Waals surface area contributed by atoms with Crippen molar-refractivity contribution in [3.63, 3.8) is 0 Å². The molecule has 1 saturated carbocycles. The number of rotatable bonds is 5. The van der Waals surface area contributed by atoms with Gasteiger partial charge in [-0.25, -0.2) is 0 Å². The lowest BCUT2D eigenvalue weighted by atomic mass is 9.71. The Morgan fingerprint density at radius 1 is 1.22 bits per heavy atom. The van der Waals surface area contributed by atoms with E-state index in [1.807, 2.05) is 0 Å². The lowest BCUT2D eigenvalue weighted by Crippen LogP contribution is -2.70. The average molecular weight is 251 g/mol. The number of nitrogens with zero attached hydrogens (tertiary/aromatic N) is 2. The van der Waals surface area contributed by atoms with Crippen LogP contribution < -0.4 is 5.73 Å². The molecule has 2 bridgehead atoms. The summed E-state index contributed by atoms with van der Waals surface area (Å²) in [5.74, 6) is 1.61. The highest BCUT2D eigenvalue weighted by atomic mass is 15.3. The van der Waals surface area contributed by atoms with Crippen molar-refractivity contribution < 1.29 is 0 Å². The van der Waals surface area contributed by atoms with E-state index in [9.17, 15) is 0 Å². The fourth-order valence-electron chi connectivity index (χ4n) is 4.29. The lowest BCUT2D eigenvalue weighted by Gasteiger charge is -2.58. The molecule has 104 valence electrons. The van der Waals surface area contributed by atoms with Gasteiger partial charge in [0.2, 0.25) is 0 Å². The molecular weight excluding hydrogens is 222 g/mol. The Hall–Kier alpha value is -0.120. The summed E-state index contributed by atoms with van der Waals surface area (Å²) in [6.45, 7) is 10.7. The fraction of sp³-hybridized carbons (Fsp3) is 1.00. The first kappa shape index (κ1) is 12.9. The highest BCUT2D eigenvalue weighted by Gasteiger charge is 2.52. The molecule has 4 aliphatic rings. The largest absolute Gasteiger partial charge is 0.329 e. The summed E-state index contributed by atoms with van der Waals surface area (Å²) < 4.78 is 0. The molecule has 3 aliphatic heterocycles. The zero-order valence-electron chi connectivity index (χ0n) is 12.1. The van der Waals surface area contributed by atoms with Crippen molar-refractivity contribution in [2.24, 2.45) is 17.6 Å². The molecule has 3 nitrogen and oxygen atoms in total. The van der Waals surface area contributed by atoms with Crippen LogP contribution in [-0.2, 0) is 0 Å². The first-order chi connectivity index (χ1) is 8.65. The SMILES string of the molecule is CC(C)CN(C1CC1)C1(CN)CN2CCC1CC2. The summed E-state index contributed by atoms with van der Waals surface area (Å²) in [5.41, 5.74) is 6.61. The highest BCUT2D eigenvalue weighted by molar-refractivity contribution is 5.09. The molecule has 18 heavy (non-hydrogen) atoms. The standard InChI is InChI=1S/C15H29N3/c1-12(2)9-18(14-3-4-14)15(10-16)11-17-7-5-13(15)6-8-17/h12-14H,3-11,16H2,1-2H3. The van der Waals surface area contributed by atoms with E-state index in [1.165, 1.54) is 51.9 Å². The maximum Gasteiger partial charge on any atom is 0.0490 e. The van der Waals surface area contributed by atoms with Crippen molar-refractivity contribution in [3.05, 3.63) is 0 Å². The van der Waals surface area contributed by atoms with E-state index in [-0.39, 0.29) is 0 Å². The van der Waals surface area contributed by atoms with Crippen LogP contribution in [0.4, 0.5) is 0 Å². The van der Waals surface area contributed by atoms with E-state index in [1.54, 1.807) is 0 Å². The normalized spacial score (nSPS) is 39.8. The van der Waals surface area contributed by atoms with Crippen LogP contribution in [0.2, 0.25) is 0 Å². The molecule has 0 amide bonds. The monoisotopic (exact) mass is 251 g/mol. The summed E-state index contributed by atoms with van der Waals surface area (Å²) in [7, 11) is 0. The number of nitrogens with two attached hydrogens (primary N) is 1. The minimum atomic E-state index is 0.307. The fourth-order valence-corrected chi connectivity index (χ4v) is 4.29. The number of piperidine rings is 3. The maximum absolute atomic E-state index is 6.30. The van der Waals surface area contributed by atoms with Gasteiger partial charge in [-0.05, 0) is 50.6 Å². The van der Waals surface area contributed by atoms with Crippen LogP contribution in [0, 0.1) is 11.8 Å². The van der Waals surface area contributed by atoms with Crippen molar-refractivity contribution >= 4 is 0 Å². The van der Waals surface area contributed by atoms with Gasteiger partial charge in [-0.1, -0.05) is 13.8 Å². The molecule has 0 aromatic rings. The van der Waals surface area contributed by atoms with E-state index in [4.69, 9.17) is 5.73 Å². The second kappa shape index (κ2) is 4.77. The molecule has 3 saturated heterocycles. The zero-order valence-corrected chi connectivity index (χ0v) is 12.1. The molecular formula is C15H29N3. The maximum atomic E-state index is 6.30. The van der Waals surface area contributed by atoms with Crippen LogP contribution in [-0.4, -0.2) is 54.1 Å². The molecule has 0 spiro atoms. The van der Waals surface area contributed by atoms with Crippen LogP contribution >= 0.6 is 0 Å². The summed E-state index contributed by atoms with van der Waals surface area (Å²) in [4.78, 5) is 5.48. The van der Waals surface area contributed by atoms with Crippen LogP contribution in [0.3, 0.4) is 0 Å². The minimum Gasteiger partial charge on any atom is -0.329 e. The average Bonchev–Trinajstić information content (AvgIpc) is 3.21. The molecule has 0 aromatic heterocycles. The third-order valence-corrected chi connectivity index (χ3v) is 5.32. The van der Waals surface area contributed by atoms with E-state index in [2.05, 4.69) is 23.6 Å². The van der Waals surface area contributed by atoms with E-state index in [0.29, 0.717) is 5.54 Å². The summed E-state index contributed by atoms with van der Waals surface area (Å²) in [6, 6.07) is 0.844. The van der Waals surface area contributed by atoms with Crippen LogP contribution in [0.1, 0.15) is 39.5 Å². The molecule has 4 rings (SSSR count). The van der Waals surface area contributed by atoms with E-state index in [0.717, 1.165) is 24.4 Å². The molecule has 4 fully saturated rings. The zero-order chi connectivity index (χ0) is 12.8. The van der Waals surface area contributed by atoms with Crippen LogP contribution in [0.15, 0.2) is 0 Å². The first-order valence-corrected chi connectivity index (χ1v) is 7.85. The quantitative estimate of drug-likeness (QED) is 0.804. The Balaban J connectivity index is 1.84. The van der Waals surface area contributed by atoms with Crippen molar-refractivity contribution in [3.8, 4) is 0 Å². The van der Waals surface area contributed by atoms with E-state index < -0.39 is 0 Å². The predicted octanol–water partition coefficient (Wildman–Crippen LogP) is 1.53. The second-order valence-electron chi connectivity index (χ2n) is 7.14. The van der Waals surface area contributed by atoms with Gasteiger partial charge in [-0.2, -0.15) is 0 Å². The molecule has 1 unspecified atom stereocenters. The number of hydrogen-bond acceptors (Lipinski definition) is 3. The Kier molecular flexibility index (Phi) is 3.41. The van der Waals surface area contributed by atoms with Gasteiger partial charge in [0.1, 0.15) is 0 Å². The van der Waals surface area contributed by atoms with Gasteiger partial charge in [0.25, 0.3) is 0 Å². The smallest absolute Gasteiger partial charge is 0.0490 e. The topological polar surface area (TPSA) is 32.5 Å². The van der Waals surface area contributed by atoms with Gasteiger partial charge in [-0.15, -0.1) is 0 Å². The molecule has 3 heteroatoms. The van der Waals surface area contributed by atoms with Crippen molar-refractivity contribution in [1.82, 2.24) is 9.80 Å². The Morgan fingerprint density at radius 2 is 1.89 bits per heavy atom. The van der Waals surface area contributed by atoms with Crippen LogP contribution in [0.5, 0.6) is 0 Å². The molecule has 2 N–H and O–H groups in total. The van der Waals surface area contributed by atoms with Gasteiger partial charge in [0.15, 0.2) is 0 Å². The molecule has 3 heterocycles. The number of fused-ring (bicyclic) bond motifs is 3. The number of hydrogen-bond donors (Lipinski definition) is 1. The second-order valence-corrected chi connectivity index (χ2v) is 7.14. The molecule has 1 atom stereocenters. The third kappa shape index (κ3) is 2.10. The molecule has 0 radical (unpaired) electrons. The Morgan fingerprint density at radius 3 is 2.28 bits per heavy atom. The summed E-state index contributed by atoms with van der Waals surface area (Å²) in [5, 5.41) is 0. The predicted molar refractivity (Wildman–Crippen MR) is 75.5 cm³/mol. The van der Waals surface area contributed by atoms with Gasteiger partial charge in [0.05, 0.1) is 0 Å².